The van der Waals surface area contributed by atoms with Crippen molar-refractivity contribution in [3.8, 4) is 0 Å². The van der Waals surface area contributed by atoms with Crippen molar-refractivity contribution in [1.82, 2.24) is 14.9 Å². The summed E-state index contributed by atoms with van der Waals surface area (Å²) >= 11 is 2.46. The Labute approximate surface area is 134 Å². The number of rotatable bonds is 6. The topological polar surface area (TPSA) is 29.9 Å². The first-order valence-electron chi connectivity index (χ1n) is 7.08. The minimum atomic E-state index is 0.392. The fraction of sp³-hybridized carbons (Fsp3) is 0.438. The number of benzene rings is 1. The molecule has 0 amide bonds. The molecule has 0 aliphatic rings. The molecule has 0 radical (unpaired) electrons. The standard InChI is InChI=1S/C16H22IN3/c1-4-18-14(8-9-15-19-10-11-20(15)3)13-7-5-6-12(2)16(13)17/h5-7,10-11,14,18H,4,8-9H2,1-3H3. The first-order valence-corrected chi connectivity index (χ1v) is 8.16. The molecule has 0 fully saturated rings. The zero-order valence-electron chi connectivity index (χ0n) is 12.4. The molecule has 1 unspecified atom stereocenters. The highest BCUT2D eigenvalue weighted by atomic mass is 127. The van der Waals surface area contributed by atoms with Crippen molar-refractivity contribution in [2.24, 2.45) is 7.05 Å². The zero-order valence-corrected chi connectivity index (χ0v) is 14.5. The first kappa shape index (κ1) is 15.5. The second-order valence-electron chi connectivity index (χ2n) is 5.08. The summed E-state index contributed by atoms with van der Waals surface area (Å²) in [6.45, 7) is 5.32. The van der Waals surface area contributed by atoms with E-state index in [4.69, 9.17) is 0 Å². The van der Waals surface area contributed by atoms with Gasteiger partial charge < -0.3 is 9.88 Å². The van der Waals surface area contributed by atoms with Crippen LogP contribution in [0.2, 0.25) is 0 Å². The maximum atomic E-state index is 4.41. The van der Waals surface area contributed by atoms with Gasteiger partial charge in [0.1, 0.15) is 5.82 Å². The lowest BCUT2D eigenvalue weighted by Gasteiger charge is -2.20. The van der Waals surface area contributed by atoms with Gasteiger partial charge in [-0.2, -0.15) is 0 Å². The molecule has 0 saturated carbocycles. The number of halogens is 1. The Kier molecular flexibility index (Phi) is 5.60. The molecule has 1 aromatic heterocycles. The largest absolute Gasteiger partial charge is 0.338 e. The van der Waals surface area contributed by atoms with Gasteiger partial charge >= 0.3 is 0 Å². The van der Waals surface area contributed by atoms with Gasteiger partial charge in [-0.15, -0.1) is 0 Å². The third-order valence-electron chi connectivity index (χ3n) is 3.63. The molecule has 1 N–H and O–H groups in total. The van der Waals surface area contributed by atoms with Crippen molar-refractivity contribution in [2.45, 2.75) is 32.7 Å². The molecule has 20 heavy (non-hydrogen) atoms. The number of nitrogens with one attached hydrogen (secondary N) is 1. The first-order chi connectivity index (χ1) is 9.63. The highest BCUT2D eigenvalue weighted by molar-refractivity contribution is 14.1. The van der Waals surface area contributed by atoms with Crippen molar-refractivity contribution in [3.05, 3.63) is 51.1 Å². The third kappa shape index (κ3) is 3.61. The van der Waals surface area contributed by atoms with Crippen molar-refractivity contribution in [2.75, 3.05) is 6.54 Å². The van der Waals surface area contributed by atoms with Crippen LogP contribution < -0.4 is 5.32 Å². The van der Waals surface area contributed by atoms with E-state index in [-0.39, 0.29) is 0 Å². The molecule has 0 aliphatic carbocycles. The van der Waals surface area contributed by atoms with Crippen molar-refractivity contribution >= 4 is 22.6 Å². The Morgan fingerprint density at radius 2 is 2.20 bits per heavy atom. The molecule has 1 atom stereocenters. The van der Waals surface area contributed by atoms with Crippen LogP contribution in [-0.4, -0.2) is 16.1 Å². The van der Waals surface area contributed by atoms with Crippen LogP contribution in [0.3, 0.4) is 0 Å². The van der Waals surface area contributed by atoms with Gasteiger partial charge in [-0.05, 0) is 53.6 Å². The van der Waals surface area contributed by atoms with E-state index in [1.807, 2.05) is 12.4 Å². The summed E-state index contributed by atoms with van der Waals surface area (Å²) in [5.74, 6) is 1.15. The smallest absolute Gasteiger partial charge is 0.108 e. The summed E-state index contributed by atoms with van der Waals surface area (Å²) in [7, 11) is 2.06. The van der Waals surface area contributed by atoms with Gasteiger partial charge in [0.25, 0.3) is 0 Å². The SMILES string of the molecule is CCNC(CCc1nccn1C)c1cccc(C)c1I. The highest BCUT2D eigenvalue weighted by Crippen LogP contribution is 2.26. The number of imidazole rings is 1. The Bertz CT molecular complexity index is 563. The van der Waals surface area contributed by atoms with E-state index in [0.29, 0.717) is 6.04 Å². The molecule has 0 saturated heterocycles. The molecule has 1 aromatic carbocycles. The summed E-state index contributed by atoms with van der Waals surface area (Å²) in [5, 5.41) is 3.61. The van der Waals surface area contributed by atoms with Gasteiger partial charge in [0.05, 0.1) is 0 Å². The molecule has 4 heteroatoms. The number of aryl methyl sites for hydroxylation is 3. The van der Waals surface area contributed by atoms with Crippen molar-refractivity contribution in [3.63, 3.8) is 0 Å². The Hall–Kier alpha value is -0.880. The summed E-state index contributed by atoms with van der Waals surface area (Å²) in [4.78, 5) is 4.41. The Morgan fingerprint density at radius 1 is 1.40 bits per heavy atom. The average molecular weight is 383 g/mol. The van der Waals surface area contributed by atoms with E-state index >= 15 is 0 Å². The Balaban J connectivity index is 2.14. The minimum absolute atomic E-state index is 0.392. The lowest BCUT2D eigenvalue weighted by molar-refractivity contribution is 0.503. The summed E-state index contributed by atoms with van der Waals surface area (Å²) < 4.78 is 3.47. The molecule has 0 bridgehead atoms. The van der Waals surface area contributed by atoms with Crippen LogP contribution in [0.4, 0.5) is 0 Å². The van der Waals surface area contributed by atoms with Crippen LogP contribution in [0, 0.1) is 10.5 Å². The fourth-order valence-corrected chi connectivity index (χ4v) is 3.20. The van der Waals surface area contributed by atoms with E-state index in [0.717, 1.165) is 25.2 Å². The highest BCUT2D eigenvalue weighted by Gasteiger charge is 2.15. The molecule has 2 aromatic rings. The second-order valence-corrected chi connectivity index (χ2v) is 6.16. The Morgan fingerprint density at radius 3 is 2.85 bits per heavy atom. The van der Waals surface area contributed by atoms with Gasteiger partial charge in [0, 0.05) is 35.5 Å². The van der Waals surface area contributed by atoms with E-state index in [9.17, 15) is 0 Å². The molecule has 0 spiro atoms. The number of nitrogens with zero attached hydrogens (tertiary/aromatic N) is 2. The minimum Gasteiger partial charge on any atom is -0.338 e. The number of aromatic nitrogens is 2. The molecule has 2 rings (SSSR count). The lowest BCUT2D eigenvalue weighted by atomic mass is 10.00. The van der Waals surface area contributed by atoms with Gasteiger partial charge in [-0.1, -0.05) is 25.1 Å². The maximum absolute atomic E-state index is 4.41. The van der Waals surface area contributed by atoms with Crippen molar-refractivity contribution in [1.29, 1.82) is 0 Å². The molecule has 108 valence electrons. The predicted molar refractivity (Wildman–Crippen MR) is 91.8 cm³/mol. The molecule has 0 aliphatic heterocycles. The van der Waals surface area contributed by atoms with E-state index in [2.05, 4.69) is 76.6 Å². The van der Waals surface area contributed by atoms with E-state index < -0.39 is 0 Å². The zero-order chi connectivity index (χ0) is 14.5. The van der Waals surface area contributed by atoms with Crippen LogP contribution in [0.15, 0.2) is 30.6 Å². The molecular weight excluding hydrogens is 361 g/mol. The van der Waals surface area contributed by atoms with Gasteiger partial charge in [-0.3, -0.25) is 0 Å². The summed E-state index contributed by atoms with van der Waals surface area (Å²) in [6, 6.07) is 6.95. The average Bonchev–Trinajstić information content (AvgIpc) is 2.84. The lowest BCUT2D eigenvalue weighted by Crippen LogP contribution is -2.23. The summed E-state index contributed by atoms with van der Waals surface area (Å²) in [5.41, 5.74) is 2.75. The van der Waals surface area contributed by atoms with Crippen LogP contribution in [-0.2, 0) is 13.5 Å². The third-order valence-corrected chi connectivity index (χ3v) is 5.10. The van der Waals surface area contributed by atoms with Gasteiger partial charge in [-0.25, -0.2) is 4.98 Å². The molecule has 3 nitrogen and oxygen atoms in total. The van der Waals surface area contributed by atoms with Crippen LogP contribution in [0.5, 0.6) is 0 Å². The fourth-order valence-electron chi connectivity index (χ4n) is 2.46. The van der Waals surface area contributed by atoms with Crippen LogP contribution >= 0.6 is 22.6 Å². The second kappa shape index (κ2) is 7.22. The van der Waals surface area contributed by atoms with Crippen molar-refractivity contribution < 1.29 is 0 Å². The van der Waals surface area contributed by atoms with Gasteiger partial charge in [0.15, 0.2) is 0 Å². The van der Waals surface area contributed by atoms with Gasteiger partial charge in [0.2, 0.25) is 0 Å². The molecular formula is C16H22IN3. The maximum Gasteiger partial charge on any atom is 0.108 e. The quantitative estimate of drug-likeness (QED) is 0.773. The normalized spacial score (nSPS) is 12.6. The van der Waals surface area contributed by atoms with Crippen LogP contribution in [0.1, 0.15) is 36.3 Å². The predicted octanol–water partition coefficient (Wildman–Crippen LogP) is 3.62. The monoisotopic (exact) mass is 383 g/mol. The van der Waals surface area contributed by atoms with E-state index in [1.54, 1.807) is 0 Å². The van der Waals surface area contributed by atoms with Crippen LogP contribution in [0.25, 0.3) is 0 Å². The summed E-state index contributed by atoms with van der Waals surface area (Å²) in [6.07, 6.45) is 5.94. The van der Waals surface area contributed by atoms with E-state index in [1.165, 1.54) is 14.7 Å². The molecule has 1 heterocycles. The number of hydrogen-bond acceptors (Lipinski definition) is 2. The number of hydrogen-bond donors (Lipinski definition) is 1.